The first kappa shape index (κ1) is 13.9. The molecule has 1 N–H and O–H groups in total. The lowest BCUT2D eigenvalue weighted by Crippen LogP contribution is -2.14. The van der Waals surface area contributed by atoms with Gasteiger partial charge in [0.25, 0.3) is 0 Å². The molecule has 0 atom stereocenters. The Kier molecular flexibility index (Phi) is 4.48. The smallest absolute Gasteiger partial charge is 0.119 e. The Hall–Kier alpha value is -1.48. The number of fused-ring (bicyclic) bond motifs is 1. The number of ether oxygens (including phenoxy) is 1. The number of hydrogen-bond donors (Lipinski definition) is 1. The Bertz CT molecular complexity index is 557. The van der Waals surface area contributed by atoms with E-state index >= 15 is 0 Å². The molecule has 0 radical (unpaired) electrons. The van der Waals surface area contributed by atoms with Crippen LogP contribution in [0.25, 0.3) is 10.9 Å². The van der Waals surface area contributed by atoms with Gasteiger partial charge in [-0.3, -0.25) is 0 Å². The highest BCUT2D eigenvalue weighted by Crippen LogP contribution is 2.29. The molecule has 2 rings (SSSR count). The Balaban J connectivity index is 2.32. The topological polar surface area (TPSA) is 26.2 Å². The van der Waals surface area contributed by atoms with Crippen LogP contribution in [0, 0.1) is 6.92 Å². The van der Waals surface area contributed by atoms with E-state index in [4.69, 9.17) is 4.74 Å². The number of hydrogen-bond acceptors (Lipinski definition) is 2. The maximum absolute atomic E-state index is 5.35. The van der Waals surface area contributed by atoms with Gasteiger partial charge in [-0.15, -0.1) is 0 Å². The van der Waals surface area contributed by atoms with Gasteiger partial charge in [-0.1, -0.05) is 6.92 Å². The number of aromatic nitrogens is 1. The molecule has 0 bridgehead atoms. The van der Waals surface area contributed by atoms with Crippen molar-refractivity contribution in [2.75, 3.05) is 20.2 Å². The predicted octanol–water partition coefficient (Wildman–Crippen LogP) is 3.04. The number of nitrogens with one attached hydrogen (secondary N) is 1. The molecule has 3 nitrogen and oxygen atoms in total. The lowest BCUT2D eigenvalue weighted by atomic mass is 10.1. The number of benzene rings is 1. The van der Waals surface area contributed by atoms with Gasteiger partial charge in [0.05, 0.1) is 7.11 Å². The van der Waals surface area contributed by atoms with Crippen molar-refractivity contribution in [3.8, 4) is 5.75 Å². The van der Waals surface area contributed by atoms with E-state index in [2.05, 4.69) is 42.9 Å². The maximum Gasteiger partial charge on any atom is 0.119 e. The first-order chi connectivity index (χ1) is 9.19. The zero-order chi connectivity index (χ0) is 13.8. The molecule has 3 heteroatoms. The summed E-state index contributed by atoms with van der Waals surface area (Å²) in [7, 11) is 3.86. The second-order valence-corrected chi connectivity index (χ2v) is 4.96. The molecule has 0 saturated carbocycles. The second-order valence-electron chi connectivity index (χ2n) is 4.96. The maximum atomic E-state index is 5.35. The minimum Gasteiger partial charge on any atom is -0.497 e. The van der Waals surface area contributed by atoms with Crippen LogP contribution in [0.3, 0.4) is 0 Å². The summed E-state index contributed by atoms with van der Waals surface area (Å²) in [6.07, 6.45) is 2.29. The van der Waals surface area contributed by atoms with E-state index in [9.17, 15) is 0 Å². The van der Waals surface area contributed by atoms with Gasteiger partial charge in [0, 0.05) is 23.6 Å². The summed E-state index contributed by atoms with van der Waals surface area (Å²) < 4.78 is 7.62. The summed E-state index contributed by atoms with van der Waals surface area (Å²) in [5, 5.41) is 4.71. The standard InChI is InChI=1S/C16H24N2O/c1-5-17-10-6-7-14-12(2)18(3)16-9-8-13(19-4)11-15(14)16/h8-9,11,17H,5-7,10H2,1-4H3. The van der Waals surface area contributed by atoms with E-state index in [1.165, 1.54) is 28.6 Å². The minimum absolute atomic E-state index is 0.936. The highest BCUT2D eigenvalue weighted by molar-refractivity contribution is 5.86. The largest absolute Gasteiger partial charge is 0.497 e. The first-order valence-corrected chi connectivity index (χ1v) is 7.01. The molecule has 19 heavy (non-hydrogen) atoms. The third-order valence-electron chi connectivity index (χ3n) is 3.86. The average Bonchev–Trinajstić information content (AvgIpc) is 2.67. The zero-order valence-electron chi connectivity index (χ0n) is 12.4. The van der Waals surface area contributed by atoms with E-state index in [0.717, 1.165) is 25.3 Å². The molecule has 0 amide bonds. The van der Waals surface area contributed by atoms with Crippen molar-refractivity contribution in [1.29, 1.82) is 0 Å². The summed E-state index contributed by atoms with van der Waals surface area (Å²) >= 11 is 0. The van der Waals surface area contributed by atoms with Crippen LogP contribution in [0.1, 0.15) is 24.6 Å². The molecule has 1 heterocycles. The van der Waals surface area contributed by atoms with E-state index < -0.39 is 0 Å². The fourth-order valence-corrected chi connectivity index (χ4v) is 2.64. The minimum atomic E-state index is 0.936. The summed E-state index contributed by atoms with van der Waals surface area (Å²) in [4.78, 5) is 0. The third-order valence-corrected chi connectivity index (χ3v) is 3.86. The quantitative estimate of drug-likeness (QED) is 0.808. The van der Waals surface area contributed by atoms with Gasteiger partial charge in [-0.2, -0.15) is 0 Å². The summed E-state index contributed by atoms with van der Waals surface area (Å²) in [6.45, 7) is 6.47. The molecule has 1 aromatic heterocycles. The Morgan fingerprint density at radius 1 is 1.32 bits per heavy atom. The van der Waals surface area contributed by atoms with Crippen LogP contribution >= 0.6 is 0 Å². The van der Waals surface area contributed by atoms with Crippen molar-refractivity contribution in [3.05, 3.63) is 29.5 Å². The summed E-state index contributed by atoms with van der Waals surface area (Å²) in [5.74, 6) is 0.936. The molecule has 0 aliphatic heterocycles. The molecular formula is C16H24N2O. The second kappa shape index (κ2) is 6.11. The molecule has 1 aromatic carbocycles. The summed E-state index contributed by atoms with van der Waals surface area (Å²) in [6, 6.07) is 6.34. The van der Waals surface area contributed by atoms with Crippen molar-refractivity contribution in [1.82, 2.24) is 9.88 Å². The number of aryl methyl sites for hydroxylation is 2. The van der Waals surface area contributed by atoms with Crippen molar-refractivity contribution >= 4 is 10.9 Å². The fraction of sp³-hybridized carbons (Fsp3) is 0.500. The summed E-state index contributed by atoms with van der Waals surface area (Å²) in [5.41, 5.74) is 4.10. The predicted molar refractivity (Wildman–Crippen MR) is 81.1 cm³/mol. The first-order valence-electron chi connectivity index (χ1n) is 7.01. The van der Waals surface area contributed by atoms with Crippen molar-refractivity contribution in [2.24, 2.45) is 7.05 Å². The number of methoxy groups -OCH3 is 1. The van der Waals surface area contributed by atoms with Gasteiger partial charge in [0.1, 0.15) is 5.75 Å². The molecule has 104 valence electrons. The van der Waals surface area contributed by atoms with Crippen LogP contribution in [-0.2, 0) is 13.5 Å². The lowest BCUT2D eigenvalue weighted by Gasteiger charge is -2.04. The van der Waals surface area contributed by atoms with Crippen LogP contribution in [0.2, 0.25) is 0 Å². The average molecular weight is 260 g/mol. The van der Waals surface area contributed by atoms with Gasteiger partial charge in [-0.25, -0.2) is 0 Å². The number of nitrogens with zero attached hydrogens (tertiary/aromatic N) is 1. The SMILES string of the molecule is CCNCCCc1c(C)n(C)c2ccc(OC)cc12. The van der Waals surface area contributed by atoms with Crippen LogP contribution < -0.4 is 10.1 Å². The normalized spacial score (nSPS) is 11.2. The van der Waals surface area contributed by atoms with Gasteiger partial charge in [0.2, 0.25) is 0 Å². The van der Waals surface area contributed by atoms with Crippen molar-refractivity contribution in [3.63, 3.8) is 0 Å². The Morgan fingerprint density at radius 2 is 2.11 bits per heavy atom. The molecule has 0 fully saturated rings. The van der Waals surface area contributed by atoms with Gasteiger partial charge in [0.15, 0.2) is 0 Å². The van der Waals surface area contributed by atoms with Gasteiger partial charge >= 0.3 is 0 Å². The van der Waals surface area contributed by atoms with Crippen LogP contribution in [-0.4, -0.2) is 24.8 Å². The van der Waals surface area contributed by atoms with Crippen LogP contribution in [0.15, 0.2) is 18.2 Å². The van der Waals surface area contributed by atoms with Gasteiger partial charge < -0.3 is 14.6 Å². The highest BCUT2D eigenvalue weighted by Gasteiger charge is 2.12. The lowest BCUT2D eigenvalue weighted by molar-refractivity contribution is 0.415. The number of rotatable bonds is 6. The van der Waals surface area contributed by atoms with E-state index in [-0.39, 0.29) is 0 Å². The highest BCUT2D eigenvalue weighted by atomic mass is 16.5. The van der Waals surface area contributed by atoms with Gasteiger partial charge in [-0.05, 0) is 56.6 Å². The van der Waals surface area contributed by atoms with Crippen LogP contribution in [0.4, 0.5) is 0 Å². The molecule has 2 aromatic rings. The van der Waals surface area contributed by atoms with E-state index in [0.29, 0.717) is 0 Å². The molecular weight excluding hydrogens is 236 g/mol. The molecule has 0 aliphatic rings. The van der Waals surface area contributed by atoms with Crippen molar-refractivity contribution < 1.29 is 4.74 Å². The monoisotopic (exact) mass is 260 g/mol. The van der Waals surface area contributed by atoms with Crippen molar-refractivity contribution in [2.45, 2.75) is 26.7 Å². The fourth-order valence-electron chi connectivity index (χ4n) is 2.64. The van der Waals surface area contributed by atoms with E-state index in [1.54, 1.807) is 7.11 Å². The third kappa shape index (κ3) is 2.76. The zero-order valence-corrected chi connectivity index (χ0v) is 12.4. The van der Waals surface area contributed by atoms with E-state index in [1.807, 2.05) is 6.07 Å². The Morgan fingerprint density at radius 3 is 2.79 bits per heavy atom. The Labute approximate surface area is 115 Å². The molecule has 0 unspecified atom stereocenters. The molecule has 0 saturated heterocycles. The molecule has 0 aliphatic carbocycles. The van der Waals surface area contributed by atoms with Crippen LogP contribution in [0.5, 0.6) is 5.75 Å². The molecule has 0 spiro atoms.